The summed E-state index contributed by atoms with van der Waals surface area (Å²) in [4.78, 5) is 28.7. The van der Waals surface area contributed by atoms with Crippen molar-refractivity contribution in [3.05, 3.63) is 33.6 Å². The van der Waals surface area contributed by atoms with Gasteiger partial charge >= 0.3 is 0 Å². The summed E-state index contributed by atoms with van der Waals surface area (Å²) in [5.41, 5.74) is 7.45. The smallest absolute Gasteiger partial charge is 0.277 e. The Morgan fingerprint density at radius 3 is 2.79 bits per heavy atom. The molecule has 8 nitrogen and oxygen atoms in total. The van der Waals surface area contributed by atoms with Gasteiger partial charge in [0.05, 0.1) is 10.6 Å². The van der Waals surface area contributed by atoms with Crippen molar-refractivity contribution in [2.45, 2.75) is 18.6 Å². The summed E-state index contributed by atoms with van der Waals surface area (Å²) >= 11 is 1.22. The van der Waals surface area contributed by atoms with Gasteiger partial charge in [-0.05, 0) is 24.6 Å². The number of thiazole rings is 1. The molecule has 2 amide bonds. The van der Waals surface area contributed by atoms with E-state index < -0.39 is 12.0 Å². The van der Waals surface area contributed by atoms with E-state index in [0.29, 0.717) is 36.6 Å². The Bertz CT molecular complexity index is 969. The summed E-state index contributed by atoms with van der Waals surface area (Å²) in [5, 5.41) is 9.03. The number of likely N-dealkylation sites (N-methyl/N-ethyl adjacent to an activating group) is 1. The minimum Gasteiger partial charge on any atom is -0.490 e. The number of hydrogen-bond donors (Lipinski definition) is 2. The molecule has 0 spiro atoms. The summed E-state index contributed by atoms with van der Waals surface area (Å²) in [6, 6.07) is 5.42. The molecule has 0 radical (unpaired) electrons. The average Bonchev–Trinajstić information content (AvgIpc) is 3.24. The minimum absolute atomic E-state index is 0.148. The van der Waals surface area contributed by atoms with Gasteiger partial charge in [0.15, 0.2) is 5.01 Å². The largest absolute Gasteiger partial charge is 0.490 e. The Morgan fingerprint density at radius 2 is 2.28 bits per heavy atom. The van der Waals surface area contributed by atoms with E-state index in [1.54, 1.807) is 26.3 Å². The molecule has 1 aromatic carbocycles. The first kappa shape index (κ1) is 20.8. The lowest BCUT2D eigenvalue weighted by Crippen LogP contribution is -2.24. The summed E-state index contributed by atoms with van der Waals surface area (Å²) < 4.78 is 11.2. The highest BCUT2D eigenvalue weighted by molar-refractivity contribution is 7.14. The molecule has 2 unspecified atom stereocenters. The van der Waals surface area contributed by atoms with Crippen molar-refractivity contribution in [3.8, 4) is 29.4 Å². The van der Waals surface area contributed by atoms with E-state index >= 15 is 0 Å². The van der Waals surface area contributed by atoms with Crippen molar-refractivity contribution in [3.63, 3.8) is 0 Å². The lowest BCUT2D eigenvalue weighted by molar-refractivity contribution is -0.133. The minimum atomic E-state index is -0.722. The number of nitrogens with zero attached hydrogens (tertiary/aromatic N) is 2. The van der Waals surface area contributed by atoms with Crippen LogP contribution in [0.15, 0.2) is 18.2 Å². The van der Waals surface area contributed by atoms with Gasteiger partial charge in [0.1, 0.15) is 24.6 Å². The van der Waals surface area contributed by atoms with Gasteiger partial charge < -0.3 is 25.2 Å². The monoisotopic (exact) mass is 415 g/mol. The van der Waals surface area contributed by atoms with Crippen LogP contribution < -0.4 is 10.5 Å². The van der Waals surface area contributed by atoms with Gasteiger partial charge in [0.2, 0.25) is 0 Å². The van der Waals surface area contributed by atoms with Gasteiger partial charge in [0, 0.05) is 31.8 Å². The van der Waals surface area contributed by atoms with Crippen molar-refractivity contribution in [2.75, 3.05) is 27.3 Å². The molecular formula is C20H21N3O5S. The number of aromatic nitrogens is 1. The molecule has 3 heterocycles. The van der Waals surface area contributed by atoms with Gasteiger partial charge in [-0.15, -0.1) is 17.8 Å². The molecule has 2 aliphatic rings. The summed E-state index contributed by atoms with van der Waals surface area (Å²) in [5.74, 6) is 2.54. The fraction of sp³-hybridized carbons (Fsp3) is 0.350. The number of methoxy groups -OCH3 is 1. The Labute approximate surface area is 172 Å². The maximum absolute atomic E-state index is 11.4. The summed E-state index contributed by atoms with van der Waals surface area (Å²) in [7, 11) is 3.28. The number of fused-ring (bicyclic) bond motifs is 3. The predicted octanol–water partition coefficient (Wildman–Crippen LogP) is 1.18. The van der Waals surface area contributed by atoms with Crippen LogP contribution in [0.3, 0.4) is 0 Å². The fourth-order valence-electron chi connectivity index (χ4n) is 3.00. The molecule has 152 valence electrons. The molecule has 4 rings (SSSR count). The van der Waals surface area contributed by atoms with E-state index in [1.807, 2.05) is 6.07 Å². The number of nitrogens with two attached hydrogens (primary N) is 1. The van der Waals surface area contributed by atoms with E-state index in [0.717, 1.165) is 10.4 Å². The van der Waals surface area contributed by atoms with Crippen LogP contribution >= 0.6 is 11.3 Å². The number of benzene rings is 1. The van der Waals surface area contributed by atoms with Gasteiger partial charge in [0.25, 0.3) is 11.8 Å². The van der Waals surface area contributed by atoms with Gasteiger partial charge in [-0.1, -0.05) is 5.92 Å². The van der Waals surface area contributed by atoms with E-state index in [1.165, 1.54) is 16.2 Å². The number of ether oxygens (including phenoxy) is 2. The number of hydrogen-bond acceptors (Lipinski definition) is 7. The second kappa shape index (κ2) is 8.61. The van der Waals surface area contributed by atoms with Gasteiger partial charge in [-0.25, -0.2) is 4.98 Å². The van der Waals surface area contributed by atoms with Crippen LogP contribution in [0, 0.1) is 12.3 Å². The third-order valence-corrected chi connectivity index (χ3v) is 5.79. The van der Waals surface area contributed by atoms with E-state index in [9.17, 15) is 9.59 Å². The number of aliphatic hydroxyl groups is 1. The molecule has 2 aliphatic heterocycles. The zero-order chi connectivity index (χ0) is 21.1. The first-order chi connectivity index (χ1) is 13.8. The molecule has 29 heavy (non-hydrogen) atoms. The Morgan fingerprint density at radius 1 is 1.52 bits per heavy atom. The molecular weight excluding hydrogens is 394 g/mol. The van der Waals surface area contributed by atoms with Crippen molar-refractivity contribution < 1.29 is 24.2 Å². The van der Waals surface area contributed by atoms with E-state index in [-0.39, 0.29) is 17.0 Å². The van der Waals surface area contributed by atoms with Gasteiger partial charge in [-0.3, -0.25) is 9.59 Å². The Balaban J connectivity index is 0.000000252. The molecule has 1 saturated heterocycles. The van der Waals surface area contributed by atoms with Crippen LogP contribution in [-0.4, -0.2) is 60.2 Å². The number of carbonyl (C=O) groups is 2. The molecule has 9 heteroatoms. The second-order valence-corrected chi connectivity index (χ2v) is 7.58. The first-order valence-electron chi connectivity index (χ1n) is 8.85. The molecule has 2 aromatic rings. The number of carbonyl (C=O) groups excluding carboxylic acids is 2. The van der Waals surface area contributed by atoms with Gasteiger partial charge in [-0.2, -0.15) is 0 Å². The van der Waals surface area contributed by atoms with Crippen LogP contribution in [-0.2, 0) is 9.53 Å². The molecule has 1 fully saturated rings. The molecule has 0 aliphatic carbocycles. The predicted molar refractivity (Wildman–Crippen MR) is 108 cm³/mol. The van der Waals surface area contributed by atoms with Crippen LogP contribution in [0.5, 0.6) is 5.75 Å². The highest BCUT2D eigenvalue weighted by Gasteiger charge is 2.29. The van der Waals surface area contributed by atoms with Crippen LogP contribution in [0.25, 0.3) is 11.3 Å². The van der Waals surface area contributed by atoms with E-state index in [2.05, 4.69) is 10.9 Å². The topological polar surface area (TPSA) is 115 Å². The standard InChI is InChI=1S/C15H12N2O3S.C5H9NO2/c1-3-8-4-5-10-9(6-8)12-13(11(19-2)7-20-10)21-15(17-12)14(16)18;1-6-3-2-4(7)5(6)8/h1,4-6,11H,7H2,2H3,(H2,16,18);4,7H,2-3H2,1H3. The first-order valence-corrected chi connectivity index (χ1v) is 9.67. The van der Waals surface area contributed by atoms with Crippen molar-refractivity contribution >= 4 is 23.2 Å². The normalized spacial score (nSPS) is 19.8. The maximum Gasteiger partial charge on any atom is 0.277 e. The SMILES string of the molecule is C#Cc1ccc2c(c1)-c1nc(C(N)=O)sc1C(OC)CO2.CN1CCC(O)C1=O. The lowest BCUT2D eigenvalue weighted by atomic mass is 10.1. The van der Waals surface area contributed by atoms with Crippen LogP contribution in [0.4, 0.5) is 0 Å². The number of likely N-dealkylation sites (tertiary alicyclic amines) is 1. The highest BCUT2D eigenvalue weighted by atomic mass is 32.1. The average molecular weight is 415 g/mol. The molecule has 1 aromatic heterocycles. The summed E-state index contributed by atoms with van der Waals surface area (Å²) in [6.07, 6.45) is 5.01. The van der Waals surface area contributed by atoms with Crippen molar-refractivity contribution in [1.29, 1.82) is 0 Å². The second-order valence-electron chi connectivity index (χ2n) is 6.55. The third-order valence-electron chi connectivity index (χ3n) is 4.63. The number of rotatable bonds is 2. The van der Waals surface area contributed by atoms with Crippen LogP contribution in [0.1, 0.15) is 32.8 Å². The molecule has 2 atom stereocenters. The number of amides is 2. The lowest BCUT2D eigenvalue weighted by Gasteiger charge is -2.11. The fourth-order valence-corrected chi connectivity index (χ4v) is 3.99. The number of terminal acetylenes is 1. The van der Waals surface area contributed by atoms with Crippen LogP contribution in [0.2, 0.25) is 0 Å². The zero-order valence-corrected chi connectivity index (χ0v) is 16.9. The Hall–Kier alpha value is -2.93. The maximum atomic E-state index is 11.4. The zero-order valence-electron chi connectivity index (χ0n) is 16.0. The Kier molecular flexibility index (Phi) is 6.17. The number of aliphatic hydroxyl groups excluding tert-OH is 1. The quantitative estimate of drug-likeness (QED) is 0.712. The molecule has 0 saturated carbocycles. The molecule has 0 bridgehead atoms. The molecule has 3 N–H and O–H groups in total. The van der Waals surface area contributed by atoms with Crippen molar-refractivity contribution in [1.82, 2.24) is 9.88 Å². The number of primary amides is 1. The van der Waals surface area contributed by atoms with Crippen molar-refractivity contribution in [2.24, 2.45) is 5.73 Å². The highest BCUT2D eigenvalue weighted by Crippen LogP contribution is 2.42. The third kappa shape index (κ3) is 4.24. The van der Waals surface area contributed by atoms with E-state index in [4.69, 9.17) is 26.7 Å². The summed E-state index contributed by atoms with van der Waals surface area (Å²) in [6.45, 7) is 1.03.